The summed E-state index contributed by atoms with van der Waals surface area (Å²) in [6.45, 7) is 6.33. The zero-order valence-electron chi connectivity index (χ0n) is 21.0. The Hall–Kier alpha value is -3.11. The predicted octanol–water partition coefficient (Wildman–Crippen LogP) is 3.76. The van der Waals surface area contributed by atoms with Crippen molar-refractivity contribution < 1.29 is 19.4 Å². The summed E-state index contributed by atoms with van der Waals surface area (Å²) in [6, 6.07) is 18.3. The van der Waals surface area contributed by atoms with Crippen LogP contribution >= 0.6 is 0 Å². The molecule has 1 amide bonds. The van der Waals surface area contributed by atoms with Gasteiger partial charge in [0.1, 0.15) is 0 Å². The molecule has 36 heavy (non-hydrogen) atoms. The van der Waals surface area contributed by atoms with E-state index in [4.69, 9.17) is 15.9 Å². The summed E-state index contributed by atoms with van der Waals surface area (Å²) in [7, 11) is 0. The smallest absolute Gasteiger partial charge is 0.288 e. The molecule has 4 rings (SSSR count). The van der Waals surface area contributed by atoms with Gasteiger partial charge in [0.2, 0.25) is 6.29 Å². The van der Waals surface area contributed by atoms with Gasteiger partial charge in [-0.3, -0.25) is 9.69 Å². The van der Waals surface area contributed by atoms with Crippen LogP contribution in [0.25, 0.3) is 0 Å². The lowest BCUT2D eigenvalue weighted by atomic mass is 9.80. The molecule has 0 spiro atoms. The fourth-order valence-electron chi connectivity index (χ4n) is 5.05. The Bertz CT molecular complexity index is 1050. The zero-order chi connectivity index (χ0) is 25.3. The van der Waals surface area contributed by atoms with Crippen LogP contribution < -0.4 is 0 Å². The molecule has 6 heteroatoms. The fourth-order valence-corrected chi connectivity index (χ4v) is 5.05. The number of carbonyl (C=O) groups excluding carboxylic acids is 1. The number of ether oxygens (including phenoxy) is 2. The largest absolute Gasteiger partial charge is 0.459 e. The number of benzene rings is 2. The monoisotopic (exact) mass is 488 g/mol. The SMILES string of the molecule is C#Cc1ccc([C@@H]2C=C(C(=O)N3CCN(Cc4ccccc4)CC3)O[C@H](OCC)[C@H]2CCCO)cc1. The molecule has 6 nitrogen and oxygen atoms in total. The molecule has 0 aromatic heterocycles. The first-order valence-electron chi connectivity index (χ1n) is 12.9. The van der Waals surface area contributed by atoms with Crippen molar-refractivity contribution in [2.45, 2.75) is 38.5 Å². The number of aliphatic hydroxyl groups is 1. The number of hydrogen-bond acceptors (Lipinski definition) is 5. The van der Waals surface area contributed by atoms with Crippen molar-refractivity contribution in [2.75, 3.05) is 39.4 Å². The first kappa shape index (κ1) is 26.0. The standard InChI is InChI=1S/C30H36N2O4/c1-3-23-12-14-25(15-13-23)27-21-28(36-30(35-4-2)26(27)11-8-20-33)29(34)32-18-16-31(17-19-32)22-24-9-6-5-7-10-24/h1,5-7,9-10,12-15,21,26-27,30,33H,4,8,11,16-20,22H2,2H3/t26-,27-,30-/m0/s1. The van der Waals surface area contributed by atoms with Gasteiger partial charge in [-0.25, -0.2) is 0 Å². The Morgan fingerprint density at radius 2 is 1.83 bits per heavy atom. The highest BCUT2D eigenvalue weighted by Crippen LogP contribution is 2.39. The fraction of sp³-hybridized carbons (Fsp3) is 0.433. The van der Waals surface area contributed by atoms with Crippen LogP contribution in [0.2, 0.25) is 0 Å². The van der Waals surface area contributed by atoms with Crippen molar-refractivity contribution in [2.24, 2.45) is 5.92 Å². The number of hydrogen-bond donors (Lipinski definition) is 1. The van der Waals surface area contributed by atoms with Gasteiger partial charge in [0, 0.05) is 63.3 Å². The first-order chi connectivity index (χ1) is 17.6. The second-order valence-electron chi connectivity index (χ2n) is 9.35. The topological polar surface area (TPSA) is 62.2 Å². The number of nitrogens with zero attached hydrogens (tertiary/aromatic N) is 2. The van der Waals surface area contributed by atoms with E-state index in [1.54, 1.807) is 0 Å². The molecule has 2 heterocycles. The van der Waals surface area contributed by atoms with Gasteiger partial charge in [-0.1, -0.05) is 48.4 Å². The van der Waals surface area contributed by atoms with Crippen LogP contribution in [0, 0.1) is 18.3 Å². The minimum atomic E-state index is -0.554. The molecule has 0 radical (unpaired) electrons. The minimum Gasteiger partial charge on any atom is -0.459 e. The highest BCUT2D eigenvalue weighted by molar-refractivity contribution is 5.92. The molecule has 2 aliphatic rings. The summed E-state index contributed by atoms with van der Waals surface area (Å²) in [6.07, 6.45) is 8.30. The summed E-state index contributed by atoms with van der Waals surface area (Å²) in [5.74, 6) is 2.81. The number of terminal acetylenes is 1. The molecule has 1 saturated heterocycles. The second kappa shape index (κ2) is 12.7. The van der Waals surface area contributed by atoms with Crippen LogP contribution in [0.5, 0.6) is 0 Å². The van der Waals surface area contributed by atoms with Gasteiger partial charge >= 0.3 is 0 Å². The van der Waals surface area contributed by atoms with E-state index < -0.39 is 6.29 Å². The number of aliphatic hydroxyl groups excluding tert-OH is 1. The van der Waals surface area contributed by atoms with Crippen molar-refractivity contribution in [3.05, 3.63) is 83.1 Å². The zero-order valence-corrected chi connectivity index (χ0v) is 21.0. The van der Waals surface area contributed by atoms with Gasteiger partial charge in [-0.2, -0.15) is 0 Å². The molecule has 2 aromatic carbocycles. The highest BCUT2D eigenvalue weighted by atomic mass is 16.7. The number of carbonyl (C=O) groups is 1. The Balaban J connectivity index is 1.51. The third-order valence-corrected chi connectivity index (χ3v) is 6.99. The van der Waals surface area contributed by atoms with Gasteiger partial charge in [-0.15, -0.1) is 6.42 Å². The lowest BCUT2D eigenvalue weighted by Crippen LogP contribution is -2.49. The van der Waals surface area contributed by atoms with Crippen molar-refractivity contribution in [3.63, 3.8) is 0 Å². The maximum atomic E-state index is 13.6. The van der Waals surface area contributed by atoms with E-state index in [0.717, 1.165) is 37.2 Å². The number of rotatable bonds is 9. The quantitative estimate of drug-likeness (QED) is 0.545. The van der Waals surface area contributed by atoms with Crippen molar-refractivity contribution in [1.29, 1.82) is 0 Å². The van der Waals surface area contributed by atoms with Crippen LogP contribution in [0.3, 0.4) is 0 Å². The van der Waals surface area contributed by atoms with Gasteiger partial charge < -0.3 is 19.5 Å². The van der Waals surface area contributed by atoms with Crippen LogP contribution in [0.15, 0.2) is 66.4 Å². The molecule has 2 aromatic rings. The Morgan fingerprint density at radius 1 is 1.11 bits per heavy atom. The molecule has 1 fully saturated rings. The Labute approximate surface area is 214 Å². The van der Waals surface area contributed by atoms with Crippen LogP contribution in [-0.4, -0.2) is 66.5 Å². The van der Waals surface area contributed by atoms with Gasteiger partial charge in [0.15, 0.2) is 5.76 Å². The average Bonchev–Trinajstić information content (AvgIpc) is 2.93. The molecule has 1 N–H and O–H groups in total. The summed E-state index contributed by atoms with van der Waals surface area (Å²) in [5, 5.41) is 9.48. The molecule has 0 saturated carbocycles. The predicted molar refractivity (Wildman–Crippen MR) is 140 cm³/mol. The summed E-state index contributed by atoms with van der Waals surface area (Å²) < 4.78 is 12.2. The molecule has 2 aliphatic heterocycles. The summed E-state index contributed by atoms with van der Waals surface area (Å²) in [5.41, 5.74) is 3.15. The van der Waals surface area contributed by atoms with E-state index in [-0.39, 0.29) is 24.3 Å². The highest BCUT2D eigenvalue weighted by Gasteiger charge is 2.39. The maximum Gasteiger partial charge on any atom is 0.288 e. The van der Waals surface area contributed by atoms with Crippen LogP contribution in [-0.2, 0) is 20.8 Å². The first-order valence-corrected chi connectivity index (χ1v) is 12.9. The van der Waals surface area contributed by atoms with E-state index in [1.807, 2.05) is 48.2 Å². The van der Waals surface area contributed by atoms with E-state index >= 15 is 0 Å². The Morgan fingerprint density at radius 3 is 2.47 bits per heavy atom. The summed E-state index contributed by atoms with van der Waals surface area (Å²) in [4.78, 5) is 17.8. The van der Waals surface area contributed by atoms with Crippen molar-refractivity contribution in [1.82, 2.24) is 9.80 Å². The minimum absolute atomic E-state index is 0.0203. The molecule has 190 valence electrons. The van der Waals surface area contributed by atoms with Crippen LogP contribution in [0.1, 0.15) is 42.4 Å². The van der Waals surface area contributed by atoms with Gasteiger partial charge in [-0.05, 0) is 49.1 Å². The lowest BCUT2D eigenvalue weighted by molar-refractivity contribution is -0.171. The van der Waals surface area contributed by atoms with E-state index in [1.165, 1.54) is 5.56 Å². The third kappa shape index (κ3) is 6.36. The van der Waals surface area contributed by atoms with E-state index in [2.05, 4.69) is 35.1 Å². The van der Waals surface area contributed by atoms with Crippen LogP contribution in [0.4, 0.5) is 0 Å². The molecule has 0 aliphatic carbocycles. The molecular weight excluding hydrogens is 452 g/mol. The third-order valence-electron chi connectivity index (χ3n) is 6.99. The number of amides is 1. The molecular formula is C30H36N2O4. The molecule has 3 atom stereocenters. The van der Waals surface area contributed by atoms with Crippen molar-refractivity contribution in [3.8, 4) is 12.3 Å². The number of allylic oxidation sites excluding steroid dienone is 1. The average molecular weight is 489 g/mol. The normalized spacial score (nSPS) is 22.4. The van der Waals surface area contributed by atoms with E-state index in [0.29, 0.717) is 31.9 Å². The second-order valence-corrected chi connectivity index (χ2v) is 9.35. The Kier molecular flexibility index (Phi) is 9.18. The van der Waals surface area contributed by atoms with E-state index in [9.17, 15) is 9.90 Å². The van der Waals surface area contributed by atoms with Crippen molar-refractivity contribution >= 4 is 5.91 Å². The lowest BCUT2D eigenvalue weighted by Gasteiger charge is -2.39. The molecule has 0 unspecified atom stereocenters. The molecule has 0 bridgehead atoms. The van der Waals surface area contributed by atoms with Gasteiger partial charge in [0.05, 0.1) is 0 Å². The maximum absolute atomic E-state index is 13.6. The van der Waals surface area contributed by atoms with Gasteiger partial charge in [0.25, 0.3) is 5.91 Å². The summed E-state index contributed by atoms with van der Waals surface area (Å²) >= 11 is 0. The number of piperazine rings is 1.